The molecule has 6 heteroatoms. The van der Waals surface area contributed by atoms with E-state index in [1.165, 1.54) is 0 Å². The summed E-state index contributed by atoms with van der Waals surface area (Å²) in [5.41, 5.74) is 2.78. The Hall–Kier alpha value is -2.70. The van der Waals surface area contributed by atoms with Crippen molar-refractivity contribution in [3.8, 4) is 0 Å². The van der Waals surface area contributed by atoms with Crippen LogP contribution in [-0.2, 0) is 16.1 Å². The number of benzene rings is 2. The molecule has 1 N–H and O–H groups in total. The highest BCUT2D eigenvalue weighted by molar-refractivity contribution is 5.94. The Labute approximate surface area is 177 Å². The summed E-state index contributed by atoms with van der Waals surface area (Å²) in [6.45, 7) is 5.42. The maximum absolute atomic E-state index is 13.0. The van der Waals surface area contributed by atoms with E-state index >= 15 is 0 Å². The van der Waals surface area contributed by atoms with Crippen LogP contribution in [0.25, 0.3) is 0 Å². The largest absolute Gasteiger partial charge is 0.379 e. The molecule has 2 saturated heterocycles. The van der Waals surface area contributed by atoms with Crippen molar-refractivity contribution in [2.24, 2.45) is 0 Å². The molecular formula is C24H29N3O3. The molecular weight excluding hydrogens is 378 g/mol. The molecule has 2 amide bonds. The highest BCUT2D eigenvalue weighted by atomic mass is 16.5. The molecule has 1 atom stereocenters. The zero-order valence-electron chi connectivity index (χ0n) is 17.3. The summed E-state index contributed by atoms with van der Waals surface area (Å²) >= 11 is 0. The van der Waals surface area contributed by atoms with Gasteiger partial charge in [0.05, 0.1) is 19.3 Å². The average molecular weight is 408 g/mol. The van der Waals surface area contributed by atoms with E-state index in [1.807, 2.05) is 47.4 Å². The molecule has 0 radical (unpaired) electrons. The van der Waals surface area contributed by atoms with E-state index in [2.05, 4.69) is 22.3 Å². The molecule has 2 aromatic carbocycles. The van der Waals surface area contributed by atoms with Crippen LogP contribution in [0.15, 0.2) is 54.6 Å². The van der Waals surface area contributed by atoms with E-state index < -0.39 is 0 Å². The molecule has 0 spiro atoms. The third kappa shape index (κ3) is 5.26. The number of nitrogens with zero attached hydrogens (tertiary/aromatic N) is 2. The maximum atomic E-state index is 13.0. The van der Waals surface area contributed by atoms with E-state index in [-0.39, 0.29) is 17.9 Å². The van der Waals surface area contributed by atoms with Crippen molar-refractivity contribution in [1.82, 2.24) is 15.1 Å². The van der Waals surface area contributed by atoms with Crippen molar-refractivity contribution in [2.45, 2.75) is 25.4 Å². The minimum atomic E-state index is -0.0845. The second-order valence-electron chi connectivity index (χ2n) is 7.97. The predicted molar refractivity (Wildman–Crippen MR) is 115 cm³/mol. The normalized spacial score (nSPS) is 18.4. The SMILES string of the molecule is O=C(NC(CN1CCOCC1)c1ccccc1)c1ccc(CN2CCCC2=O)cc1. The molecule has 2 fully saturated rings. The van der Waals surface area contributed by atoms with Crippen molar-refractivity contribution in [1.29, 1.82) is 0 Å². The Balaban J connectivity index is 1.41. The fourth-order valence-electron chi connectivity index (χ4n) is 4.06. The number of carbonyl (C=O) groups is 2. The van der Waals surface area contributed by atoms with E-state index in [9.17, 15) is 9.59 Å². The lowest BCUT2D eigenvalue weighted by atomic mass is 10.0. The number of morpholine rings is 1. The van der Waals surface area contributed by atoms with Gasteiger partial charge in [-0.2, -0.15) is 0 Å². The van der Waals surface area contributed by atoms with Gasteiger partial charge in [-0.25, -0.2) is 0 Å². The third-order valence-electron chi connectivity index (χ3n) is 5.81. The quantitative estimate of drug-likeness (QED) is 0.767. The van der Waals surface area contributed by atoms with Gasteiger partial charge in [0, 0.05) is 44.7 Å². The smallest absolute Gasteiger partial charge is 0.251 e. The van der Waals surface area contributed by atoms with E-state index in [0.717, 1.165) is 56.9 Å². The van der Waals surface area contributed by atoms with Crippen LogP contribution in [0.5, 0.6) is 0 Å². The predicted octanol–water partition coefficient (Wildman–Crippen LogP) is 2.61. The van der Waals surface area contributed by atoms with Crippen molar-refractivity contribution in [3.05, 3.63) is 71.3 Å². The first-order chi connectivity index (χ1) is 14.7. The average Bonchev–Trinajstić information content (AvgIpc) is 3.19. The molecule has 2 aliphatic rings. The van der Waals surface area contributed by atoms with Crippen LogP contribution in [0.1, 0.15) is 40.4 Å². The summed E-state index contributed by atoms with van der Waals surface area (Å²) < 4.78 is 5.45. The standard InChI is InChI=1S/C24H29N3O3/c28-23-7-4-12-27(23)17-19-8-10-21(11-9-19)24(29)25-22(20-5-2-1-3-6-20)18-26-13-15-30-16-14-26/h1-3,5-6,8-11,22H,4,7,12-18H2,(H,25,29). The number of likely N-dealkylation sites (tertiary alicyclic amines) is 1. The minimum Gasteiger partial charge on any atom is -0.379 e. The minimum absolute atomic E-state index is 0.0825. The molecule has 2 aliphatic heterocycles. The van der Waals surface area contributed by atoms with E-state index in [0.29, 0.717) is 18.5 Å². The molecule has 0 bridgehead atoms. The second-order valence-corrected chi connectivity index (χ2v) is 7.97. The third-order valence-corrected chi connectivity index (χ3v) is 5.81. The fraction of sp³-hybridized carbons (Fsp3) is 0.417. The molecule has 1 unspecified atom stereocenters. The van der Waals surface area contributed by atoms with Gasteiger partial charge < -0.3 is 15.0 Å². The van der Waals surface area contributed by atoms with Gasteiger partial charge in [-0.15, -0.1) is 0 Å². The van der Waals surface area contributed by atoms with Crippen LogP contribution >= 0.6 is 0 Å². The topological polar surface area (TPSA) is 61.9 Å². The summed E-state index contributed by atoms with van der Waals surface area (Å²) in [6.07, 6.45) is 1.58. The summed E-state index contributed by atoms with van der Waals surface area (Å²) in [7, 11) is 0. The van der Waals surface area contributed by atoms with Gasteiger partial charge >= 0.3 is 0 Å². The summed E-state index contributed by atoms with van der Waals surface area (Å²) in [4.78, 5) is 29.0. The molecule has 4 rings (SSSR count). The number of amides is 2. The van der Waals surface area contributed by atoms with Crippen LogP contribution in [0.2, 0.25) is 0 Å². The van der Waals surface area contributed by atoms with Crippen LogP contribution in [-0.4, -0.2) is 61.0 Å². The molecule has 2 heterocycles. The Morgan fingerprint density at radius 1 is 1.00 bits per heavy atom. The first kappa shape index (κ1) is 20.6. The van der Waals surface area contributed by atoms with Gasteiger partial charge in [0.1, 0.15) is 0 Å². The summed E-state index contributed by atoms with van der Waals surface area (Å²) in [5, 5.41) is 3.21. The number of rotatable bonds is 7. The van der Waals surface area contributed by atoms with Gasteiger partial charge in [0.25, 0.3) is 5.91 Å². The lowest BCUT2D eigenvalue weighted by Crippen LogP contribution is -2.43. The first-order valence-corrected chi connectivity index (χ1v) is 10.7. The summed E-state index contributed by atoms with van der Waals surface area (Å²) in [5.74, 6) is 0.131. The lowest BCUT2D eigenvalue weighted by Gasteiger charge is -2.31. The monoisotopic (exact) mass is 407 g/mol. The van der Waals surface area contributed by atoms with Crippen LogP contribution in [0.3, 0.4) is 0 Å². The molecule has 2 aromatic rings. The van der Waals surface area contributed by atoms with E-state index in [4.69, 9.17) is 4.74 Å². The molecule has 6 nitrogen and oxygen atoms in total. The molecule has 0 saturated carbocycles. The number of nitrogens with one attached hydrogen (secondary N) is 1. The Kier molecular flexibility index (Phi) is 6.77. The molecule has 30 heavy (non-hydrogen) atoms. The van der Waals surface area contributed by atoms with Crippen LogP contribution in [0, 0.1) is 0 Å². The first-order valence-electron chi connectivity index (χ1n) is 10.7. The van der Waals surface area contributed by atoms with E-state index in [1.54, 1.807) is 0 Å². The zero-order chi connectivity index (χ0) is 20.8. The molecule has 158 valence electrons. The fourth-order valence-corrected chi connectivity index (χ4v) is 4.06. The van der Waals surface area contributed by atoms with Crippen LogP contribution in [0.4, 0.5) is 0 Å². The van der Waals surface area contributed by atoms with Crippen molar-refractivity contribution < 1.29 is 14.3 Å². The molecule has 0 aromatic heterocycles. The number of ether oxygens (including phenoxy) is 1. The van der Waals surface area contributed by atoms with Crippen molar-refractivity contribution in [2.75, 3.05) is 39.4 Å². The lowest BCUT2D eigenvalue weighted by molar-refractivity contribution is -0.128. The highest BCUT2D eigenvalue weighted by Gasteiger charge is 2.22. The Morgan fingerprint density at radius 3 is 2.40 bits per heavy atom. The van der Waals surface area contributed by atoms with Gasteiger partial charge in [-0.3, -0.25) is 14.5 Å². The maximum Gasteiger partial charge on any atom is 0.251 e. The van der Waals surface area contributed by atoms with Crippen molar-refractivity contribution >= 4 is 11.8 Å². The second kappa shape index (κ2) is 9.87. The van der Waals surface area contributed by atoms with Gasteiger partial charge in [-0.1, -0.05) is 42.5 Å². The van der Waals surface area contributed by atoms with Crippen molar-refractivity contribution in [3.63, 3.8) is 0 Å². The zero-order valence-corrected chi connectivity index (χ0v) is 17.3. The Bertz CT molecular complexity index is 848. The van der Waals surface area contributed by atoms with Gasteiger partial charge in [-0.05, 0) is 29.7 Å². The Morgan fingerprint density at radius 2 is 1.73 bits per heavy atom. The number of hydrogen-bond acceptors (Lipinski definition) is 4. The highest BCUT2D eigenvalue weighted by Crippen LogP contribution is 2.18. The number of hydrogen-bond donors (Lipinski definition) is 1. The van der Waals surface area contributed by atoms with Gasteiger partial charge in [0.2, 0.25) is 5.91 Å². The molecule has 0 aliphatic carbocycles. The number of carbonyl (C=O) groups excluding carboxylic acids is 2. The summed E-state index contributed by atoms with van der Waals surface area (Å²) in [6, 6.07) is 17.6. The van der Waals surface area contributed by atoms with Gasteiger partial charge in [0.15, 0.2) is 0 Å². The van der Waals surface area contributed by atoms with Crippen LogP contribution < -0.4 is 5.32 Å².